The maximum atomic E-state index is 10.7. The molecule has 0 radical (unpaired) electrons. The third-order valence-corrected chi connectivity index (χ3v) is 3.53. The molecule has 1 aromatic rings. The van der Waals surface area contributed by atoms with Crippen molar-refractivity contribution in [1.82, 2.24) is 4.98 Å². The van der Waals surface area contributed by atoms with E-state index < -0.39 is 5.97 Å². The van der Waals surface area contributed by atoms with Crippen LogP contribution in [0.2, 0.25) is 0 Å². The molecule has 0 aromatic carbocycles. The van der Waals surface area contributed by atoms with Gasteiger partial charge < -0.3 is 14.7 Å². The third-order valence-electron chi connectivity index (χ3n) is 2.66. The van der Waals surface area contributed by atoms with Gasteiger partial charge in [-0.1, -0.05) is 6.92 Å². The van der Waals surface area contributed by atoms with Crippen LogP contribution in [0.3, 0.4) is 0 Å². The molecule has 1 saturated heterocycles. The van der Waals surface area contributed by atoms with E-state index in [1.807, 2.05) is 0 Å². The first kappa shape index (κ1) is 11.3. The van der Waals surface area contributed by atoms with Crippen molar-refractivity contribution in [2.24, 2.45) is 0 Å². The first-order valence-corrected chi connectivity index (χ1v) is 6.13. The van der Waals surface area contributed by atoms with Gasteiger partial charge in [0.05, 0.1) is 19.3 Å². The van der Waals surface area contributed by atoms with E-state index in [1.54, 1.807) is 5.38 Å². The Labute approximate surface area is 97.7 Å². The largest absolute Gasteiger partial charge is 0.476 e. The molecular formula is C10H14N2O3S. The van der Waals surface area contributed by atoms with Crippen LogP contribution in [0.4, 0.5) is 5.13 Å². The summed E-state index contributed by atoms with van der Waals surface area (Å²) in [5.41, 5.74) is 0.126. The lowest BCUT2D eigenvalue weighted by Crippen LogP contribution is -2.45. The number of hydrogen-bond acceptors (Lipinski definition) is 5. The zero-order chi connectivity index (χ0) is 11.5. The number of hydrogen-bond donors (Lipinski definition) is 1. The Morgan fingerprint density at radius 3 is 3.25 bits per heavy atom. The zero-order valence-electron chi connectivity index (χ0n) is 9.05. The minimum absolute atomic E-state index is 0.126. The van der Waals surface area contributed by atoms with Gasteiger partial charge >= 0.3 is 5.97 Å². The fourth-order valence-electron chi connectivity index (χ4n) is 1.74. The molecule has 1 aliphatic rings. The standard InChI is InChI=1S/C10H14N2O3S/c1-2-7-5-15-4-3-12(7)10-11-8(6-16-10)9(13)14/h6-7H,2-5H2,1H3,(H,13,14). The summed E-state index contributed by atoms with van der Waals surface area (Å²) >= 11 is 1.38. The van der Waals surface area contributed by atoms with Gasteiger partial charge in [0, 0.05) is 11.9 Å². The van der Waals surface area contributed by atoms with E-state index in [9.17, 15) is 4.79 Å². The minimum Gasteiger partial charge on any atom is -0.476 e. The van der Waals surface area contributed by atoms with Crippen LogP contribution in [0.1, 0.15) is 23.8 Å². The highest BCUT2D eigenvalue weighted by molar-refractivity contribution is 7.13. The highest BCUT2D eigenvalue weighted by Crippen LogP contribution is 2.25. The fraction of sp³-hybridized carbons (Fsp3) is 0.600. The Hall–Kier alpha value is -1.14. The smallest absolute Gasteiger partial charge is 0.355 e. The monoisotopic (exact) mass is 242 g/mol. The quantitative estimate of drug-likeness (QED) is 0.869. The molecule has 5 nitrogen and oxygen atoms in total. The van der Waals surface area contributed by atoms with Crippen molar-refractivity contribution in [1.29, 1.82) is 0 Å². The van der Waals surface area contributed by atoms with Gasteiger partial charge in [-0.05, 0) is 6.42 Å². The van der Waals surface area contributed by atoms with Crippen molar-refractivity contribution in [3.63, 3.8) is 0 Å². The van der Waals surface area contributed by atoms with Crippen LogP contribution >= 0.6 is 11.3 Å². The third kappa shape index (κ3) is 2.17. The number of thiazole rings is 1. The van der Waals surface area contributed by atoms with Crippen LogP contribution in [-0.2, 0) is 4.74 Å². The second kappa shape index (κ2) is 4.80. The summed E-state index contributed by atoms with van der Waals surface area (Å²) < 4.78 is 5.40. The van der Waals surface area contributed by atoms with E-state index in [0.29, 0.717) is 19.3 Å². The van der Waals surface area contributed by atoms with Gasteiger partial charge in [0.1, 0.15) is 0 Å². The molecule has 6 heteroatoms. The maximum Gasteiger partial charge on any atom is 0.355 e. The molecule has 1 N–H and O–H groups in total. The Kier molecular flexibility index (Phi) is 3.40. The summed E-state index contributed by atoms with van der Waals surface area (Å²) in [4.78, 5) is 17.0. The SMILES string of the molecule is CCC1COCCN1c1nc(C(=O)O)cs1. The van der Waals surface area contributed by atoms with E-state index in [2.05, 4.69) is 16.8 Å². The van der Waals surface area contributed by atoms with Crippen LogP contribution < -0.4 is 4.90 Å². The second-order valence-corrected chi connectivity index (χ2v) is 4.49. The molecule has 0 aliphatic carbocycles. The highest BCUT2D eigenvalue weighted by atomic mass is 32.1. The van der Waals surface area contributed by atoms with Gasteiger partial charge in [-0.15, -0.1) is 11.3 Å². The van der Waals surface area contributed by atoms with Crippen LogP contribution in [0.25, 0.3) is 0 Å². The van der Waals surface area contributed by atoms with Crippen LogP contribution in [0, 0.1) is 0 Å². The molecular weight excluding hydrogens is 228 g/mol. The summed E-state index contributed by atoms with van der Waals surface area (Å²) in [6.45, 7) is 4.25. The number of anilines is 1. The molecule has 1 aliphatic heterocycles. The molecule has 0 spiro atoms. The highest BCUT2D eigenvalue weighted by Gasteiger charge is 2.24. The van der Waals surface area contributed by atoms with Gasteiger partial charge in [0.15, 0.2) is 10.8 Å². The zero-order valence-corrected chi connectivity index (χ0v) is 9.87. The van der Waals surface area contributed by atoms with E-state index in [-0.39, 0.29) is 5.69 Å². The van der Waals surface area contributed by atoms with E-state index >= 15 is 0 Å². The van der Waals surface area contributed by atoms with Crippen LogP contribution in [0.15, 0.2) is 5.38 Å². The molecule has 16 heavy (non-hydrogen) atoms. The molecule has 1 atom stereocenters. The summed E-state index contributed by atoms with van der Waals surface area (Å²) in [5, 5.41) is 11.2. The van der Waals surface area contributed by atoms with Crippen molar-refractivity contribution in [2.75, 3.05) is 24.7 Å². The summed E-state index contributed by atoms with van der Waals surface area (Å²) in [7, 11) is 0. The average molecular weight is 242 g/mol. The lowest BCUT2D eigenvalue weighted by molar-refractivity contribution is 0.0691. The Morgan fingerprint density at radius 1 is 1.81 bits per heavy atom. The number of ether oxygens (including phenoxy) is 1. The predicted octanol–water partition coefficient (Wildman–Crippen LogP) is 1.46. The second-order valence-electron chi connectivity index (χ2n) is 3.65. The molecule has 88 valence electrons. The number of carbonyl (C=O) groups is 1. The Morgan fingerprint density at radius 2 is 2.62 bits per heavy atom. The van der Waals surface area contributed by atoms with Crippen LogP contribution in [0.5, 0.6) is 0 Å². The normalized spacial score (nSPS) is 21.1. The molecule has 2 rings (SSSR count). The first-order valence-electron chi connectivity index (χ1n) is 5.25. The first-order chi connectivity index (χ1) is 7.72. The molecule has 0 bridgehead atoms. The van der Waals surface area contributed by atoms with E-state index in [4.69, 9.17) is 9.84 Å². The number of morpholine rings is 1. The van der Waals surface area contributed by atoms with Crippen molar-refractivity contribution in [3.05, 3.63) is 11.1 Å². The topological polar surface area (TPSA) is 62.7 Å². The van der Waals surface area contributed by atoms with Crippen molar-refractivity contribution < 1.29 is 14.6 Å². The molecule has 2 heterocycles. The molecule has 1 aromatic heterocycles. The molecule has 1 fully saturated rings. The lowest BCUT2D eigenvalue weighted by atomic mass is 10.2. The number of nitrogens with zero attached hydrogens (tertiary/aromatic N) is 2. The van der Waals surface area contributed by atoms with Crippen molar-refractivity contribution in [2.45, 2.75) is 19.4 Å². The lowest BCUT2D eigenvalue weighted by Gasteiger charge is -2.34. The Bertz CT molecular complexity index is 380. The van der Waals surface area contributed by atoms with Gasteiger partial charge in [-0.3, -0.25) is 0 Å². The van der Waals surface area contributed by atoms with Crippen molar-refractivity contribution >= 4 is 22.4 Å². The number of aromatic nitrogens is 1. The number of carboxylic acids is 1. The molecule has 0 amide bonds. The van der Waals surface area contributed by atoms with E-state index in [0.717, 1.165) is 18.1 Å². The van der Waals surface area contributed by atoms with Gasteiger partial charge in [-0.25, -0.2) is 9.78 Å². The minimum atomic E-state index is -0.969. The molecule has 1 unspecified atom stereocenters. The van der Waals surface area contributed by atoms with Crippen LogP contribution in [-0.4, -0.2) is 41.9 Å². The summed E-state index contributed by atoms with van der Waals surface area (Å²) in [6.07, 6.45) is 0.974. The number of rotatable bonds is 3. The Balaban J connectivity index is 2.17. The van der Waals surface area contributed by atoms with Crippen molar-refractivity contribution in [3.8, 4) is 0 Å². The summed E-state index contributed by atoms with van der Waals surface area (Å²) in [6, 6.07) is 0.307. The summed E-state index contributed by atoms with van der Waals surface area (Å²) in [5.74, 6) is -0.969. The maximum absolute atomic E-state index is 10.7. The van der Waals surface area contributed by atoms with Gasteiger partial charge in [0.2, 0.25) is 0 Å². The fourth-order valence-corrected chi connectivity index (χ4v) is 2.64. The number of aromatic carboxylic acids is 1. The number of carboxylic acid groups (broad SMARTS) is 1. The van der Waals surface area contributed by atoms with Gasteiger partial charge in [-0.2, -0.15) is 0 Å². The van der Waals surface area contributed by atoms with Gasteiger partial charge in [0.25, 0.3) is 0 Å². The average Bonchev–Trinajstić information content (AvgIpc) is 2.78. The molecule has 0 saturated carbocycles. The predicted molar refractivity (Wildman–Crippen MR) is 61.3 cm³/mol. The van der Waals surface area contributed by atoms with E-state index in [1.165, 1.54) is 11.3 Å².